The maximum Gasteiger partial charge on any atom is 0.291 e. The minimum absolute atomic E-state index is 0.299. The van der Waals surface area contributed by atoms with Crippen molar-refractivity contribution in [3.8, 4) is 0 Å². The third-order valence-corrected chi connectivity index (χ3v) is 3.53. The Morgan fingerprint density at radius 3 is 2.90 bits per heavy atom. The maximum absolute atomic E-state index is 11.9. The van der Waals surface area contributed by atoms with Crippen molar-refractivity contribution < 1.29 is 4.79 Å². The largest absolute Gasteiger partial charge is 0.291 e. The van der Waals surface area contributed by atoms with Crippen LogP contribution in [0.4, 0.5) is 0 Å². The zero-order valence-corrected chi connectivity index (χ0v) is 12.2. The van der Waals surface area contributed by atoms with Gasteiger partial charge >= 0.3 is 0 Å². The minimum Gasteiger partial charge on any atom is -0.282 e. The molecule has 5 nitrogen and oxygen atoms in total. The molecule has 1 aliphatic rings. The van der Waals surface area contributed by atoms with Gasteiger partial charge in [-0.2, -0.15) is 10.2 Å². The Hall–Kier alpha value is -2.17. The molecule has 0 fully saturated rings. The van der Waals surface area contributed by atoms with Crippen molar-refractivity contribution in [1.29, 1.82) is 0 Å². The number of allylic oxidation sites excluding steroid dienone is 3. The van der Waals surface area contributed by atoms with E-state index in [1.807, 2.05) is 20.8 Å². The molecule has 20 heavy (non-hydrogen) atoms. The van der Waals surface area contributed by atoms with Crippen LogP contribution in [-0.2, 0) is 0 Å². The highest BCUT2D eigenvalue weighted by Gasteiger charge is 2.19. The third-order valence-electron chi connectivity index (χ3n) is 3.53. The fourth-order valence-electron chi connectivity index (χ4n) is 2.13. The van der Waals surface area contributed by atoms with E-state index in [4.69, 9.17) is 0 Å². The molecule has 0 bridgehead atoms. The maximum atomic E-state index is 11.9. The topological polar surface area (TPSA) is 70.1 Å². The van der Waals surface area contributed by atoms with Gasteiger partial charge in [-0.05, 0) is 51.2 Å². The molecule has 0 aliphatic heterocycles. The van der Waals surface area contributed by atoms with E-state index < -0.39 is 0 Å². The summed E-state index contributed by atoms with van der Waals surface area (Å²) in [5, 5.41) is 10.9. The molecular formula is C15H20N4O. The van der Waals surface area contributed by atoms with E-state index in [0.717, 1.165) is 35.4 Å². The Morgan fingerprint density at radius 2 is 2.30 bits per heavy atom. The van der Waals surface area contributed by atoms with Crippen LogP contribution in [0.3, 0.4) is 0 Å². The van der Waals surface area contributed by atoms with Crippen LogP contribution < -0.4 is 5.43 Å². The third kappa shape index (κ3) is 3.23. The summed E-state index contributed by atoms with van der Waals surface area (Å²) < 4.78 is 0. The van der Waals surface area contributed by atoms with Crippen LogP contribution in [0, 0.1) is 12.8 Å². The summed E-state index contributed by atoms with van der Waals surface area (Å²) in [7, 11) is 0. The first-order valence-electron chi connectivity index (χ1n) is 6.69. The summed E-state index contributed by atoms with van der Waals surface area (Å²) in [4.78, 5) is 11.9. The number of carbonyl (C=O) groups excluding carboxylic acids is 1. The molecule has 0 saturated carbocycles. The molecule has 106 valence electrons. The predicted molar refractivity (Wildman–Crippen MR) is 79.5 cm³/mol. The molecule has 1 atom stereocenters. The first-order chi connectivity index (χ1) is 9.47. The number of aryl methyl sites for hydroxylation is 1. The van der Waals surface area contributed by atoms with Crippen LogP contribution in [0.5, 0.6) is 0 Å². The molecule has 1 heterocycles. The average molecular weight is 272 g/mol. The number of hydrazone groups is 1. The fourth-order valence-corrected chi connectivity index (χ4v) is 2.13. The van der Waals surface area contributed by atoms with Crippen LogP contribution in [0.1, 0.15) is 42.9 Å². The first-order valence-corrected chi connectivity index (χ1v) is 6.69. The molecule has 1 aliphatic carbocycles. The molecule has 1 aromatic rings. The second-order valence-corrected chi connectivity index (χ2v) is 5.31. The van der Waals surface area contributed by atoms with Crippen molar-refractivity contribution >= 4 is 11.6 Å². The van der Waals surface area contributed by atoms with Gasteiger partial charge in [0.15, 0.2) is 5.69 Å². The highest BCUT2D eigenvalue weighted by atomic mass is 16.2. The second-order valence-electron chi connectivity index (χ2n) is 5.31. The number of H-pyrrole nitrogens is 1. The Morgan fingerprint density at radius 1 is 1.55 bits per heavy atom. The summed E-state index contributed by atoms with van der Waals surface area (Å²) >= 11 is 0. The van der Waals surface area contributed by atoms with E-state index in [1.54, 1.807) is 6.07 Å². The lowest BCUT2D eigenvalue weighted by Crippen LogP contribution is -2.23. The highest BCUT2D eigenvalue weighted by Crippen LogP contribution is 2.26. The number of nitrogens with zero attached hydrogens (tertiary/aromatic N) is 2. The number of hydrogen-bond donors (Lipinski definition) is 2. The lowest BCUT2D eigenvalue weighted by molar-refractivity contribution is 0.0949. The Labute approximate surface area is 118 Å². The molecule has 0 radical (unpaired) electrons. The van der Waals surface area contributed by atoms with Gasteiger partial charge in [0.1, 0.15) is 0 Å². The van der Waals surface area contributed by atoms with Crippen LogP contribution in [0.15, 0.2) is 35.0 Å². The normalized spacial score (nSPS) is 20.6. The second kappa shape index (κ2) is 5.86. The monoisotopic (exact) mass is 272 g/mol. The van der Waals surface area contributed by atoms with E-state index in [9.17, 15) is 4.79 Å². The van der Waals surface area contributed by atoms with Crippen LogP contribution in [-0.4, -0.2) is 21.8 Å². The lowest BCUT2D eigenvalue weighted by atomic mass is 9.85. The van der Waals surface area contributed by atoms with Gasteiger partial charge in [0, 0.05) is 5.69 Å². The van der Waals surface area contributed by atoms with Crippen molar-refractivity contribution in [3.05, 3.63) is 41.3 Å². The Bertz CT molecular complexity index is 595. The molecule has 0 saturated heterocycles. The molecular weight excluding hydrogens is 252 g/mol. The molecule has 2 rings (SSSR count). The van der Waals surface area contributed by atoms with Gasteiger partial charge in [-0.15, -0.1) is 0 Å². The number of nitrogens with one attached hydrogen (secondary N) is 2. The highest BCUT2D eigenvalue weighted by molar-refractivity contribution is 6.02. The summed E-state index contributed by atoms with van der Waals surface area (Å²) in [6, 6.07) is 1.69. The van der Waals surface area contributed by atoms with Crippen molar-refractivity contribution in [1.82, 2.24) is 15.6 Å². The smallest absolute Gasteiger partial charge is 0.282 e. The van der Waals surface area contributed by atoms with Gasteiger partial charge in [0.25, 0.3) is 5.91 Å². The summed E-state index contributed by atoms with van der Waals surface area (Å²) in [6.45, 7) is 9.89. The van der Waals surface area contributed by atoms with Gasteiger partial charge in [-0.25, -0.2) is 5.43 Å². The van der Waals surface area contributed by atoms with Crippen LogP contribution in [0.2, 0.25) is 0 Å². The quantitative estimate of drug-likeness (QED) is 0.656. The lowest BCUT2D eigenvalue weighted by Gasteiger charge is -2.22. The minimum atomic E-state index is -0.299. The molecule has 1 aromatic heterocycles. The van der Waals surface area contributed by atoms with Crippen molar-refractivity contribution in [2.45, 2.75) is 33.6 Å². The average Bonchev–Trinajstić information content (AvgIpc) is 2.84. The Kier molecular flexibility index (Phi) is 4.17. The number of carbonyl (C=O) groups is 1. The van der Waals surface area contributed by atoms with Crippen LogP contribution >= 0.6 is 0 Å². The zero-order chi connectivity index (χ0) is 14.7. The molecule has 0 aromatic carbocycles. The van der Waals surface area contributed by atoms with E-state index in [2.05, 4.69) is 33.4 Å². The molecule has 0 spiro atoms. The van der Waals surface area contributed by atoms with Gasteiger partial charge in [0.05, 0.1) is 5.71 Å². The van der Waals surface area contributed by atoms with Crippen LogP contribution in [0.25, 0.3) is 0 Å². The van der Waals surface area contributed by atoms with E-state index >= 15 is 0 Å². The zero-order valence-electron chi connectivity index (χ0n) is 12.2. The summed E-state index contributed by atoms with van der Waals surface area (Å²) in [6.07, 6.45) is 3.96. The fraction of sp³-hybridized carbons (Fsp3) is 0.400. The van der Waals surface area contributed by atoms with Crippen molar-refractivity contribution in [2.24, 2.45) is 11.0 Å². The molecule has 5 heteroatoms. The van der Waals surface area contributed by atoms with E-state index in [-0.39, 0.29) is 5.91 Å². The predicted octanol–water partition coefficient (Wildman–Crippen LogP) is 2.74. The number of aromatic amines is 1. The summed E-state index contributed by atoms with van der Waals surface area (Å²) in [5.74, 6) is 0.106. The van der Waals surface area contributed by atoms with Gasteiger partial charge in [-0.3, -0.25) is 9.89 Å². The number of aromatic nitrogens is 2. The molecule has 0 unspecified atom stereocenters. The summed E-state index contributed by atoms with van der Waals surface area (Å²) in [5.41, 5.74) is 6.93. The van der Waals surface area contributed by atoms with Crippen molar-refractivity contribution in [3.63, 3.8) is 0 Å². The van der Waals surface area contributed by atoms with Gasteiger partial charge in [0.2, 0.25) is 0 Å². The van der Waals surface area contributed by atoms with E-state index in [0.29, 0.717) is 11.6 Å². The Balaban J connectivity index is 2.06. The van der Waals surface area contributed by atoms with Gasteiger partial charge < -0.3 is 0 Å². The number of hydrogen-bond acceptors (Lipinski definition) is 3. The van der Waals surface area contributed by atoms with E-state index in [1.165, 1.54) is 0 Å². The number of amides is 1. The van der Waals surface area contributed by atoms with Gasteiger partial charge in [-0.1, -0.05) is 18.2 Å². The standard InChI is InChI=1S/C15H20N4O/c1-9(2)12-6-5-10(3)13(8-12)17-19-15(20)14-7-11(4)16-18-14/h5,7,12H,1,6,8H2,2-4H3,(H,16,18)(H,19,20)/b17-13+/t12-/m1/s1. The first kappa shape index (κ1) is 14.2. The van der Waals surface area contributed by atoms with Crippen molar-refractivity contribution in [2.75, 3.05) is 0 Å². The molecule has 1 amide bonds. The number of rotatable bonds is 3. The molecule has 2 N–H and O–H groups in total. The SMILES string of the molecule is C=C(C)[C@@H]1CC=C(C)/C(=N/NC(=O)c2cc(C)[nH]n2)C1.